The second-order valence-corrected chi connectivity index (χ2v) is 10.7. The first kappa shape index (κ1) is 23.0. The van der Waals surface area contributed by atoms with Gasteiger partial charge in [0.1, 0.15) is 17.0 Å². The standard InChI is InChI=1S/C22H21ClN2O4S2/c1-15-9-10-22(30-15)31(28,29)25(20-8-4-7-19(23)16(20)2)13-21(27)24-12-17-5-3-6-18(11-17)14-26/h3-11,14H,12-13H2,1-2H3,(H,24,27). The van der Waals surface area contributed by atoms with Gasteiger partial charge in [-0.1, -0.05) is 35.9 Å². The van der Waals surface area contributed by atoms with Crippen LogP contribution >= 0.6 is 22.9 Å². The van der Waals surface area contributed by atoms with E-state index in [9.17, 15) is 18.0 Å². The third-order valence-electron chi connectivity index (χ3n) is 4.63. The van der Waals surface area contributed by atoms with Crippen molar-refractivity contribution >= 4 is 50.8 Å². The summed E-state index contributed by atoms with van der Waals surface area (Å²) in [5, 5.41) is 3.13. The highest BCUT2D eigenvalue weighted by atomic mass is 35.5. The van der Waals surface area contributed by atoms with Crippen molar-refractivity contribution in [3.8, 4) is 0 Å². The molecular formula is C22H21ClN2O4S2. The number of aryl methyl sites for hydroxylation is 1. The molecule has 0 fully saturated rings. The number of nitrogens with one attached hydrogen (secondary N) is 1. The van der Waals surface area contributed by atoms with E-state index >= 15 is 0 Å². The largest absolute Gasteiger partial charge is 0.350 e. The predicted octanol–water partition coefficient (Wildman–Crippen LogP) is 4.34. The van der Waals surface area contributed by atoms with Crippen LogP contribution in [0.5, 0.6) is 0 Å². The summed E-state index contributed by atoms with van der Waals surface area (Å²) in [6, 6.07) is 15.0. The highest BCUT2D eigenvalue weighted by molar-refractivity contribution is 7.94. The van der Waals surface area contributed by atoms with E-state index in [0.717, 1.165) is 32.4 Å². The maximum absolute atomic E-state index is 13.4. The molecule has 2 aromatic carbocycles. The lowest BCUT2D eigenvalue weighted by Gasteiger charge is -2.25. The lowest BCUT2D eigenvalue weighted by Crippen LogP contribution is -2.40. The number of amides is 1. The van der Waals surface area contributed by atoms with Crippen LogP contribution in [0.15, 0.2) is 58.8 Å². The summed E-state index contributed by atoms with van der Waals surface area (Å²) >= 11 is 7.36. The van der Waals surface area contributed by atoms with E-state index in [2.05, 4.69) is 5.32 Å². The third kappa shape index (κ3) is 5.33. The second-order valence-electron chi connectivity index (χ2n) is 6.90. The Balaban J connectivity index is 1.88. The molecule has 3 rings (SSSR count). The van der Waals surface area contributed by atoms with Crippen molar-refractivity contribution < 1.29 is 18.0 Å². The topological polar surface area (TPSA) is 83.6 Å². The number of hydrogen-bond acceptors (Lipinski definition) is 5. The van der Waals surface area contributed by atoms with Crippen LogP contribution in [-0.4, -0.2) is 27.2 Å². The number of carbonyl (C=O) groups is 2. The van der Waals surface area contributed by atoms with Gasteiger partial charge >= 0.3 is 0 Å². The molecule has 1 aromatic heterocycles. The third-order valence-corrected chi connectivity index (χ3v) is 8.27. The van der Waals surface area contributed by atoms with Crippen molar-refractivity contribution in [3.63, 3.8) is 0 Å². The van der Waals surface area contributed by atoms with Gasteiger partial charge in [0.25, 0.3) is 10.0 Å². The van der Waals surface area contributed by atoms with Crippen molar-refractivity contribution in [1.82, 2.24) is 5.32 Å². The zero-order chi connectivity index (χ0) is 22.6. The molecule has 0 bridgehead atoms. The molecule has 0 saturated heterocycles. The van der Waals surface area contributed by atoms with Gasteiger partial charge in [-0.25, -0.2) is 8.42 Å². The Bertz CT molecular complexity index is 1220. The first-order valence-electron chi connectivity index (χ1n) is 9.37. The van der Waals surface area contributed by atoms with E-state index in [4.69, 9.17) is 11.6 Å². The minimum Gasteiger partial charge on any atom is -0.350 e. The molecule has 0 aliphatic rings. The number of hydrogen-bond donors (Lipinski definition) is 1. The number of benzene rings is 2. The fraction of sp³-hybridized carbons (Fsp3) is 0.182. The number of halogens is 1. The van der Waals surface area contributed by atoms with Gasteiger partial charge in [-0.3, -0.25) is 13.9 Å². The van der Waals surface area contributed by atoms with E-state index in [1.807, 2.05) is 6.92 Å². The molecule has 0 atom stereocenters. The number of carbonyl (C=O) groups excluding carboxylic acids is 2. The molecule has 31 heavy (non-hydrogen) atoms. The Morgan fingerprint density at radius 3 is 2.55 bits per heavy atom. The maximum atomic E-state index is 13.4. The van der Waals surface area contributed by atoms with Crippen molar-refractivity contribution in [3.05, 3.63) is 81.2 Å². The summed E-state index contributed by atoms with van der Waals surface area (Å²) in [5.41, 5.74) is 2.14. The van der Waals surface area contributed by atoms with Gasteiger partial charge < -0.3 is 5.32 Å². The van der Waals surface area contributed by atoms with E-state index in [-0.39, 0.29) is 10.8 Å². The van der Waals surface area contributed by atoms with Gasteiger partial charge in [-0.05, 0) is 55.3 Å². The molecule has 6 nitrogen and oxygen atoms in total. The van der Waals surface area contributed by atoms with Crippen LogP contribution in [0.2, 0.25) is 5.02 Å². The van der Waals surface area contributed by atoms with Crippen molar-refractivity contribution in [2.45, 2.75) is 24.6 Å². The Morgan fingerprint density at radius 2 is 1.87 bits per heavy atom. The fourth-order valence-corrected chi connectivity index (χ4v) is 6.03. The first-order valence-corrected chi connectivity index (χ1v) is 12.0. The van der Waals surface area contributed by atoms with E-state index in [1.165, 1.54) is 6.07 Å². The van der Waals surface area contributed by atoms with Crippen molar-refractivity contribution in [2.24, 2.45) is 0 Å². The Kier molecular flexibility index (Phi) is 7.15. The Morgan fingerprint density at radius 1 is 1.13 bits per heavy atom. The number of rotatable bonds is 8. The second kappa shape index (κ2) is 9.64. The molecular weight excluding hydrogens is 456 g/mol. The first-order chi connectivity index (χ1) is 14.7. The fourth-order valence-electron chi connectivity index (χ4n) is 2.99. The van der Waals surface area contributed by atoms with Gasteiger partial charge in [-0.15, -0.1) is 11.3 Å². The number of thiophene rings is 1. The summed E-state index contributed by atoms with van der Waals surface area (Å²) in [7, 11) is -3.98. The van der Waals surface area contributed by atoms with E-state index in [0.29, 0.717) is 21.8 Å². The molecule has 1 heterocycles. The normalized spacial score (nSPS) is 11.2. The van der Waals surface area contributed by atoms with Crippen molar-refractivity contribution in [1.29, 1.82) is 0 Å². The van der Waals surface area contributed by atoms with E-state index < -0.39 is 22.5 Å². The quantitative estimate of drug-likeness (QED) is 0.490. The number of nitrogens with zero attached hydrogens (tertiary/aromatic N) is 1. The van der Waals surface area contributed by atoms with Crippen LogP contribution in [0.3, 0.4) is 0 Å². The van der Waals surface area contributed by atoms with Crippen molar-refractivity contribution in [2.75, 3.05) is 10.8 Å². The van der Waals surface area contributed by atoms with Gasteiger partial charge in [0.15, 0.2) is 0 Å². The van der Waals surface area contributed by atoms with Crippen LogP contribution in [0.25, 0.3) is 0 Å². The summed E-state index contributed by atoms with van der Waals surface area (Å²) in [6.45, 7) is 3.29. The highest BCUT2D eigenvalue weighted by Crippen LogP contribution is 2.32. The van der Waals surface area contributed by atoms with Crippen LogP contribution in [0, 0.1) is 13.8 Å². The molecule has 0 unspecified atom stereocenters. The number of anilines is 1. The maximum Gasteiger partial charge on any atom is 0.274 e. The minimum atomic E-state index is -3.98. The minimum absolute atomic E-state index is 0.149. The van der Waals surface area contributed by atoms with Gasteiger partial charge in [0.05, 0.1) is 5.69 Å². The smallest absolute Gasteiger partial charge is 0.274 e. The molecule has 0 spiro atoms. The van der Waals surface area contributed by atoms with E-state index in [1.54, 1.807) is 55.5 Å². The average Bonchev–Trinajstić information content (AvgIpc) is 3.20. The molecule has 0 saturated carbocycles. The highest BCUT2D eigenvalue weighted by Gasteiger charge is 2.29. The number of aldehydes is 1. The molecule has 1 N–H and O–H groups in total. The van der Waals surface area contributed by atoms with Gasteiger partial charge in [-0.2, -0.15) is 0 Å². The van der Waals surface area contributed by atoms with Gasteiger partial charge in [0.2, 0.25) is 5.91 Å². The lowest BCUT2D eigenvalue weighted by molar-refractivity contribution is -0.119. The molecule has 0 aliphatic carbocycles. The van der Waals surface area contributed by atoms with Crippen LogP contribution in [0.4, 0.5) is 5.69 Å². The molecule has 9 heteroatoms. The zero-order valence-corrected chi connectivity index (χ0v) is 19.4. The predicted molar refractivity (Wildman–Crippen MR) is 123 cm³/mol. The van der Waals surface area contributed by atoms with Crippen LogP contribution in [0.1, 0.15) is 26.4 Å². The Hall–Kier alpha value is -2.68. The summed E-state index contributed by atoms with van der Waals surface area (Å²) < 4.78 is 28.0. The molecule has 3 aromatic rings. The summed E-state index contributed by atoms with van der Waals surface area (Å²) in [4.78, 5) is 24.5. The van der Waals surface area contributed by atoms with Crippen LogP contribution in [-0.2, 0) is 21.4 Å². The molecule has 162 valence electrons. The number of sulfonamides is 1. The Labute approximate surface area is 190 Å². The SMILES string of the molecule is Cc1ccc(S(=O)(=O)N(CC(=O)NCc2cccc(C=O)c2)c2cccc(Cl)c2C)s1. The van der Waals surface area contributed by atoms with Gasteiger partial charge in [0, 0.05) is 22.0 Å². The summed E-state index contributed by atoms with van der Waals surface area (Å²) in [5.74, 6) is -0.479. The average molecular weight is 477 g/mol. The monoisotopic (exact) mass is 476 g/mol. The molecule has 0 aliphatic heterocycles. The molecule has 1 amide bonds. The zero-order valence-electron chi connectivity index (χ0n) is 17.0. The van der Waals surface area contributed by atoms with Crippen LogP contribution < -0.4 is 9.62 Å². The summed E-state index contributed by atoms with van der Waals surface area (Å²) in [6.07, 6.45) is 0.727. The molecule has 0 radical (unpaired) electrons. The lowest BCUT2D eigenvalue weighted by atomic mass is 10.1.